The quantitative estimate of drug-likeness (QED) is 0.0346. The predicted octanol–water partition coefficient (Wildman–Crippen LogP) is 16.4. The van der Waals surface area contributed by atoms with Crippen LogP contribution in [0.4, 0.5) is 0 Å². The van der Waals surface area contributed by atoms with Crippen LogP contribution in [0.5, 0.6) is 0 Å². The van der Waals surface area contributed by atoms with Crippen LogP contribution in [0.3, 0.4) is 0 Å². The van der Waals surface area contributed by atoms with Crippen LogP contribution >= 0.6 is 0 Å². The molecule has 0 N–H and O–H groups in total. The summed E-state index contributed by atoms with van der Waals surface area (Å²) in [5, 5.41) is 0. The molecule has 0 rings (SSSR count). The molecule has 0 aromatic heterocycles. The maximum Gasteiger partial charge on any atom is 0.306 e. The number of ether oxygens (including phenoxy) is 3. The summed E-state index contributed by atoms with van der Waals surface area (Å²) in [7, 11) is 0. The van der Waals surface area contributed by atoms with E-state index in [0.717, 1.165) is 57.8 Å². The van der Waals surface area contributed by atoms with E-state index in [-0.39, 0.29) is 31.1 Å². The van der Waals surface area contributed by atoms with Gasteiger partial charge in [0.15, 0.2) is 6.10 Å². The van der Waals surface area contributed by atoms with Crippen molar-refractivity contribution in [3.63, 3.8) is 0 Å². The Labute approximate surface area is 355 Å². The highest BCUT2D eigenvalue weighted by atomic mass is 16.6. The highest BCUT2D eigenvalue weighted by molar-refractivity contribution is 5.71. The second-order valence-electron chi connectivity index (χ2n) is 17.5. The Kier molecular flexibility index (Phi) is 45.8. The molecule has 0 heterocycles. The van der Waals surface area contributed by atoms with Crippen LogP contribution in [0.25, 0.3) is 0 Å². The van der Waals surface area contributed by atoms with Gasteiger partial charge in [-0.2, -0.15) is 0 Å². The third-order valence-corrected chi connectivity index (χ3v) is 11.6. The van der Waals surface area contributed by atoms with Crippen LogP contribution in [-0.4, -0.2) is 37.2 Å². The summed E-state index contributed by atoms with van der Waals surface area (Å²) in [6.07, 6.45) is 49.4. The molecule has 0 amide bonds. The summed E-state index contributed by atoms with van der Waals surface area (Å²) in [4.78, 5) is 37.8. The van der Waals surface area contributed by atoms with Gasteiger partial charge in [0.05, 0.1) is 0 Å². The molecule has 57 heavy (non-hydrogen) atoms. The third-order valence-electron chi connectivity index (χ3n) is 11.6. The topological polar surface area (TPSA) is 78.9 Å². The lowest BCUT2D eigenvalue weighted by atomic mass is 10.0. The zero-order chi connectivity index (χ0) is 41.5. The minimum absolute atomic E-state index is 0.0621. The van der Waals surface area contributed by atoms with Crippen LogP contribution in [0.2, 0.25) is 0 Å². The Morgan fingerprint density at radius 1 is 0.281 bits per heavy atom. The maximum absolute atomic E-state index is 12.7. The van der Waals surface area contributed by atoms with Crippen LogP contribution < -0.4 is 0 Å². The number of carbonyl (C=O) groups is 3. The molecule has 1 atom stereocenters. The summed E-state index contributed by atoms with van der Waals surface area (Å²) in [5.41, 5.74) is 0. The van der Waals surface area contributed by atoms with E-state index in [1.807, 2.05) is 0 Å². The fraction of sp³-hybridized carbons (Fsp3) is 0.941. The molecule has 0 spiro atoms. The zero-order valence-corrected chi connectivity index (χ0v) is 38.6. The lowest BCUT2D eigenvalue weighted by Gasteiger charge is -2.18. The van der Waals surface area contributed by atoms with E-state index in [2.05, 4.69) is 20.8 Å². The fourth-order valence-corrected chi connectivity index (χ4v) is 7.74. The minimum atomic E-state index is -0.758. The van der Waals surface area contributed by atoms with E-state index in [1.54, 1.807) is 0 Å². The minimum Gasteiger partial charge on any atom is -0.462 e. The van der Waals surface area contributed by atoms with Gasteiger partial charge in [-0.05, 0) is 19.3 Å². The molecule has 0 unspecified atom stereocenters. The molecule has 0 aliphatic rings. The standard InChI is InChI=1S/C51H98O6/c1-4-7-10-13-16-19-21-23-24-25-26-28-29-32-35-38-41-44-50(53)56-47-48(46-55-49(52)43-40-37-34-31-18-15-12-9-6-3)57-51(54)45-42-39-36-33-30-27-22-20-17-14-11-8-5-2/h48H,4-47H2,1-3H3/t48-/m0/s1. The number of esters is 3. The van der Waals surface area contributed by atoms with E-state index in [1.165, 1.54) is 193 Å². The number of carbonyl (C=O) groups excluding carboxylic acids is 3. The van der Waals surface area contributed by atoms with Crippen LogP contribution in [0.1, 0.15) is 290 Å². The van der Waals surface area contributed by atoms with Crippen molar-refractivity contribution in [1.29, 1.82) is 0 Å². The second kappa shape index (κ2) is 47.1. The van der Waals surface area contributed by atoms with Gasteiger partial charge in [0.25, 0.3) is 0 Å². The number of hydrogen-bond donors (Lipinski definition) is 0. The first-order chi connectivity index (χ1) is 28.0. The predicted molar refractivity (Wildman–Crippen MR) is 243 cm³/mol. The van der Waals surface area contributed by atoms with Gasteiger partial charge in [-0.3, -0.25) is 14.4 Å². The number of hydrogen-bond acceptors (Lipinski definition) is 6. The van der Waals surface area contributed by atoms with E-state index in [4.69, 9.17) is 14.2 Å². The maximum atomic E-state index is 12.7. The molecule has 0 aliphatic heterocycles. The van der Waals surface area contributed by atoms with Crippen molar-refractivity contribution in [3.05, 3.63) is 0 Å². The summed E-state index contributed by atoms with van der Waals surface area (Å²) in [6.45, 7) is 6.66. The molecule has 0 aliphatic carbocycles. The average Bonchev–Trinajstić information content (AvgIpc) is 3.21. The lowest BCUT2D eigenvalue weighted by Crippen LogP contribution is -2.30. The van der Waals surface area contributed by atoms with Gasteiger partial charge in [-0.15, -0.1) is 0 Å². The Bertz CT molecular complexity index is 844. The molecule has 0 aromatic carbocycles. The van der Waals surface area contributed by atoms with Gasteiger partial charge >= 0.3 is 17.9 Å². The SMILES string of the molecule is CCCCCCCCCCCCCCCCCCCC(=O)OC[C@H](COC(=O)CCCCCCCCCCC)OC(=O)CCCCCCCCCCCCCCC. The fourth-order valence-electron chi connectivity index (χ4n) is 7.74. The third kappa shape index (κ3) is 45.3. The van der Waals surface area contributed by atoms with Crippen molar-refractivity contribution in [2.75, 3.05) is 13.2 Å². The Hall–Kier alpha value is -1.59. The van der Waals surface area contributed by atoms with Gasteiger partial charge in [0.2, 0.25) is 0 Å². The number of unbranched alkanes of at least 4 members (excludes halogenated alkanes) is 36. The van der Waals surface area contributed by atoms with Crippen LogP contribution in [0.15, 0.2) is 0 Å². The summed E-state index contributed by atoms with van der Waals surface area (Å²) in [5.74, 6) is -0.845. The molecule has 0 bridgehead atoms. The number of rotatable bonds is 47. The Morgan fingerprint density at radius 2 is 0.474 bits per heavy atom. The summed E-state index contributed by atoms with van der Waals surface area (Å²) >= 11 is 0. The van der Waals surface area contributed by atoms with Crippen molar-refractivity contribution in [2.45, 2.75) is 297 Å². The second-order valence-corrected chi connectivity index (χ2v) is 17.5. The summed E-state index contributed by atoms with van der Waals surface area (Å²) < 4.78 is 16.8. The lowest BCUT2D eigenvalue weighted by molar-refractivity contribution is -0.167. The van der Waals surface area contributed by atoms with Crippen LogP contribution in [-0.2, 0) is 28.6 Å². The Balaban J connectivity index is 4.24. The average molecular weight is 807 g/mol. The van der Waals surface area contributed by atoms with Crippen molar-refractivity contribution in [1.82, 2.24) is 0 Å². The van der Waals surface area contributed by atoms with E-state index < -0.39 is 6.10 Å². The highest BCUT2D eigenvalue weighted by Crippen LogP contribution is 2.17. The first kappa shape index (κ1) is 55.4. The molecule has 0 saturated heterocycles. The molecule has 0 radical (unpaired) electrons. The first-order valence-corrected chi connectivity index (χ1v) is 25.5. The normalized spacial score (nSPS) is 11.8. The highest BCUT2D eigenvalue weighted by Gasteiger charge is 2.19. The molecule has 0 saturated carbocycles. The molecule has 0 aromatic rings. The Morgan fingerprint density at radius 3 is 0.702 bits per heavy atom. The molecular weight excluding hydrogens is 709 g/mol. The van der Waals surface area contributed by atoms with Gasteiger partial charge < -0.3 is 14.2 Å². The van der Waals surface area contributed by atoms with Gasteiger partial charge in [0.1, 0.15) is 13.2 Å². The van der Waals surface area contributed by atoms with E-state index in [9.17, 15) is 14.4 Å². The van der Waals surface area contributed by atoms with E-state index in [0.29, 0.717) is 19.3 Å². The zero-order valence-electron chi connectivity index (χ0n) is 38.6. The molecule has 338 valence electrons. The van der Waals surface area contributed by atoms with Crippen molar-refractivity contribution >= 4 is 17.9 Å². The summed E-state index contributed by atoms with van der Waals surface area (Å²) in [6, 6.07) is 0. The smallest absolute Gasteiger partial charge is 0.306 e. The largest absolute Gasteiger partial charge is 0.462 e. The first-order valence-electron chi connectivity index (χ1n) is 25.5. The van der Waals surface area contributed by atoms with Crippen molar-refractivity contribution < 1.29 is 28.6 Å². The molecule has 6 nitrogen and oxygen atoms in total. The van der Waals surface area contributed by atoms with Crippen LogP contribution in [0, 0.1) is 0 Å². The van der Waals surface area contributed by atoms with E-state index >= 15 is 0 Å². The van der Waals surface area contributed by atoms with Gasteiger partial charge in [-0.25, -0.2) is 0 Å². The molecule has 0 fully saturated rings. The molecular formula is C51H98O6. The van der Waals surface area contributed by atoms with Crippen molar-refractivity contribution in [3.8, 4) is 0 Å². The monoisotopic (exact) mass is 807 g/mol. The van der Waals surface area contributed by atoms with Gasteiger partial charge in [-0.1, -0.05) is 252 Å². The van der Waals surface area contributed by atoms with Crippen molar-refractivity contribution in [2.24, 2.45) is 0 Å². The van der Waals surface area contributed by atoms with Gasteiger partial charge in [0, 0.05) is 19.3 Å². The molecule has 6 heteroatoms.